The molecule has 0 saturated heterocycles. The van der Waals surface area contributed by atoms with Gasteiger partial charge in [-0.2, -0.15) is 0 Å². The van der Waals surface area contributed by atoms with Gasteiger partial charge in [-0.3, -0.25) is 0 Å². The van der Waals surface area contributed by atoms with Crippen molar-refractivity contribution >= 4 is 15.7 Å². The van der Waals surface area contributed by atoms with E-state index in [1.54, 1.807) is 30.5 Å². The van der Waals surface area contributed by atoms with Crippen LogP contribution < -0.4 is 15.2 Å². The molecule has 0 spiro atoms. The van der Waals surface area contributed by atoms with Gasteiger partial charge < -0.3 is 10.1 Å². The summed E-state index contributed by atoms with van der Waals surface area (Å²) in [7, 11) is -2.23. The first kappa shape index (κ1) is 14.3. The number of hydrogen-bond donors (Lipinski definition) is 2. The molecule has 3 N–H and O–H groups in total. The van der Waals surface area contributed by atoms with Crippen LogP contribution in [0.1, 0.15) is 5.56 Å². The molecule has 0 fully saturated rings. The number of para-hydroxylation sites is 1. The first-order chi connectivity index (χ1) is 9.52. The van der Waals surface area contributed by atoms with Crippen molar-refractivity contribution < 1.29 is 13.2 Å². The molecule has 0 unspecified atom stereocenters. The number of primary sulfonamides is 1. The molecular weight excluding hydrogens is 278 g/mol. The number of methoxy groups -OCH3 is 1. The fourth-order valence-electron chi connectivity index (χ4n) is 1.79. The molecule has 2 rings (SSSR count). The molecule has 0 saturated carbocycles. The van der Waals surface area contributed by atoms with Gasteiger partial charge in [0.1, 0.15) is 4.90 Å². The van der Waals surface area contributed by atoms with Gasteiger partial charge in [-0.1, -0.05) is 18.2 Å². The van der Waals surface area contributed by atoms with Gasteiger partial charge in [0.25, 0.3) is 0 Å². The van der Waals surface area contributed by atoms with Crippen LogP contribution in [0, 0.1) is 0 Å². The zero-order chi connectivity index (χ0) is 14.6. The minimum atomic E-state index is -3.76. The van der Waals surface area contributed by atoms with Gasteiger partial charge in [0, 0.05) is 18.3 Å². The largest absolute Gasteiger partial charge is 0.481 e. The summed E-state index contributed by atoms with van der Waals surface area (Å²) >= 11 is 0. The van der Waals surface area contributed by atoms with E-state index >= 15 is 0 Å². The van der Waals surface area contributed by atoms with E-state index < -0.39 is 10.0 Å². The van der Waals surface area contributed by atoms with E-state index in [1.165, 1.54) is 13.2 Å². The highest BCUT2D eigenvalue weighted by Crippen LogP contribution is 2.21. The molecule has 0 radical (unpaired) electrons. The highest BCUT2D eigenvalue weighted by Gasteiger charge is 2.13. The zero-order valence-corrected chi connectivity index (χ0v) is 11.7. The summed E-state index contributed by atoms with van der Waals surface area (Å²) in [4.78, 5) is 4.13. The fourth-order valence-corrected chi connectivity index (χ4v) is 2.51. The van der Waals surface area contributed by atoms with Crippen LogP contribution in [0.4, 0.5) is 5.69 Å². The molecule has 0 bridgehead atoms. The minimum Gasteiger partial charge on any atom is -0.481 e. The second-order valence-corrected chi connectivity index (χ2v) is 5.60. The summed E-state index contributed by atoms with van der Waals surface area (Å²) in [6.07, 6.45) is 1.63. The summed E-state index contributed by atoms with van der Waals surface area (Å²) < 4.78 is 28.1. The molecule has 6 nitrogen and oxygen atoms in total. The highest BCUT2D eigenvalue weighted by atomic mass is 32.2. The first-order valence-electron chi connectivity index (χ1n) is 5.86. The standard InChI is InChI=1S/C13H15N3O3S/c1-19-13-10(5-4-8-15-13)9-16-11-6-2-3-7-12(11)20(14,17)18/h2-8,16H,9H2,1H3,(H2,14,17,18). The van der Waals surface area contributed by atoms with Crippen LogP contribution in [0.5, 0.6) is 5.88 Å². The Hall–Kier alpha value is -2.12. The van der Waals surface area contributed by atoms with Crippen molar-refractivity contribution in [3.63, 3.8) is 0 Å². The van der Waals surface area contributed by atoms with Crippen LogP contribution in [0.25, 0.3) is 0 Å². The van der Waals surface area contributed by atoms with Gasteiger partial charge in [-0.25, -0.2) is 18.5 Å². The molecule has 106 valence electrons. The molecule has 2 aromatic rings. The fraction of sp³-hybridized carbons (Fsp3) is 0.154. The lowest BCUT2D eigenvalue weighted by atomic mass is 10.2. The highest BCUT2D eigenvalue weighted by molar-refractivity contribution is 7.89. The third-order valence-corrected chi connectivity index (χ3v) is 3.68. The van der Waals surface area contributed by atoms with E-state index in [4.69, 9.17) is 9.88 Å². The summed E-state index contributed by atoms with van der Waals surface area (Å²) in [6.45, 7) is 0.379. The first-order valence-corrected chi connectivity index (χ1v) is 7.40. The molecule has 0 aliphatic heterocycles. The predicted molar refractivity (Wildman–Crippen MR) is 75.9 cm³/mol. The number of anilines is 1. The summed E-state index contributed by atoms with van der Waals surface area (Å²) in [5, 5.41) is 8.21. The maximum absolute atomic E-state index is 11.5. The van der Waals surface area contributed by atoms with Crippen molar-refractivity contribution in [1.82, 2.24) is 4.98 Å². The third-order valence-electron chi connectivity index (χ3n) is 2.71. The summed E-state index contributed by atoms with van der Waals surface area (Å²) in [5.41, 5.74) is 1.26. The number of rotatable bonds is 5. The van der Waals surface area contributed by atoms with E-state index in [1.807, 2.05) is 6.07 Å². The molecule has 1 aromatic carbocycles. The Bertz CT molecular complexity index is 702. The van der Waals surface area contributed by atoms with Crippen LogP contribution in [-0.2, 0) is 16.6 Å². The topological polar surface area (TPSA) is 94.3 Å². The zero-order valence-electron chi connectivity index (χ0n) is 10.9. The molecule has 0 aliphatic carbocycles. The monoisotopic (exact) mass is 293 g/mol. The molecule has 0 aliphatic rings. The van der Waals surface area contributed by atoms with Crippen molar-refractivity contribution in [3.05, 3.63) is 48.2 Å². The van der Waals surface area contributed by atoms with Crippen LogP contribution in [0.3, 0.4) is 0 Å². The smallest absolute Gasteiger partial charge is 0.240 e. The van der Waals surface area contributed by atoms with E-state index in [-0.39, 0.29) is 4.90 Å². The molecule has 0 amide bonds. The Morgan fingerprint density at radius 1 is 1.25 bits per heavy atom. The van der Waals surface area contributed by atoms with Crippen LogP contribution in [0.15, 0.2) is 47.5 Å². The molecule has 1 aromatic heterocycles. The van der Waals surface area contributed by atoms with Crippen molar-refractivity contribution in [2.45, 2.75) is 11.4 Å². The molecule has 0 atom stereocenters. The summed E-state index contributed by atoms with van der Waals surface area (Å²) in [5.74, 6) is 0.494. The second kappa shape index (κ2) is 5.89. The average Bonchev–Trinajstić information content (AvgIpc) is 2.44. The number of nitrogens with two attached hydrogens (primary N) is 1. The Morgan fingerprint density at radius 2 is 2.00 bits per heavy atom. The van der Waals surface area contributed by atoms with Crippen LogP contribution in [0.2, 0.25) is 0 Å². The van der Waals surface area contributed by atoms with Crippen LogP contribution in [-0.4, -0.2) is 20.5 Å². The Labute approximate surface area is 117 Å². The number of pyridine rings is 1. The number of nitrogens with zero attached hydrogens (tertiary/aromatic N) is 1. The quantitative estimate of drug-likeness (QED) is 0.867. The number of nitrogens with one attached hydrogen (secondary N) is 1. The normalized spacial score (nSPS) is 11.1. The van der Waals surface area contributed by atoms with Crippen molar-refractivity contribution in [2.24, 2.45) is 5.14 Å². The SMILES string of the molecule is COc1ncccc1CNc1ccccc1S(N)(=O)=O. The number of hydrogen-bond acceptors (Lipinski definition) is 5. The van der Waals surface area contributed by atoms with Gasteiger partial charge in [-0.15, -0.1) is 0 Å². The van der Waals surface area contributed by atoms with Crippen molar-refractivity contribution in [2.75, 3.05) is 12.4 Å². The minimum absolute atomic E-state index is 0.0582. The number of benzene rings is 1. The lowest BCUT2D eigenvalue weighted by Crippen LogP contribution is -2.15. The molecule has 1 heterocycles. The number of sulfonamides is 1. The Kier molecular flexibility index (Phi) is 4.21. The number of aromatic nitrogens is 1. The van der Waals surface area contributed by atoms with E-state index in [0.29, 0.717) is 18.1 Å². The molecule has 7 heteroatoms. The van der Waals surface area contributed by atoms with E-state index in [0.717, 1.165) is 5.56 Å². The lowest BCUT2D eigenvalue weighted by Gasteiger charge is -2.12. The molecular formula is C13H15N3O3S. The maximum Gasteiger partial charge on any atom is 0.240 e. The molecule has 20 heavy (non-hydrogen) atoms. The Morgan fingerprint density at radius 3 is 2.70 bits per heavy atom. The second-order valence-electron chi connectivity index (χ2n) is 4.07. The van der Waals surface area contributed by atoms with Gasteiger partial charge in [0.05, 0.1) is 12.8 Å². The summed E-state index contributed by atoms with van der Waals surface area (Å²) in [6, 6.07) is 10.1. The van der Waals surface area contributed by atoms with Crippen molar-refractivity contribution in [3.8, 4) is 5.88 Å². The van der Waals surface area contributed by atoms with E-state index in [2.05, 4.69) is 10.3 Å². The predicted octanol–water partition coefficient (Wildman–Crippen LogP) is 1.35. The third kappa shape index (κ3) is 3.25. The van der Waals surface area contributed by atoms with E-state index in [9.17, 15) is 8.42 Å². The lowest BCUT2D eigenvalue weighted by molar-refractivity contribution is 0.393. The maximum atomic E-state index is 11.5. The Balaban J connectivity index is 2.24. The van der Waals surface area contributed by atoms with Gasteiger partial charge >= 0.3 is 0 Å². The van der Waals surface area contributed by atoms with Gasteiger partial charge in [-0.05, 0) is 18.2 Å². The van der Waals surface area contributed by atoms with Gasteiger partial charge in [0.15, 0.2) is 0 Å². The average molecular weight is 293 g/mol. The van der Waals surface area contributed by atoms with Crippen LogP contribution >= 0.6 is 0 Å². The number of ether oxygens (including phenoxy) is 1. The van der Waals surface area contributed by atoms with Gasteiger partial charge in [0.2, 0.25) is 15.9 Å². The van der Waals surface area contributed by atoms with Crippen molar-refractivity contribution in [1.29, 1.82) is 0 Å².